The molecule has 3 rings (SSSR count). The van der Waals surface area contributed by atoms with Gasteiger partial charge in [-0.05, 0) is 42.7 Å². The number of para-hydroxylation sites is 1. The van der Waals surface area contributed by atoms with E-state index < -0.39 is 0 Å². The Morgan fingerprint density at radius 1 is 1.28 bits per heavy atom. The third-order valence-electron chi connectivity index (χ3n) is 5.19. The topological polar surface area (TPSA) is 39.2 Å². The molecule has 1 heterocycles. The Labute approximate surface area is 154 Å². The second kappa shape index (κ2) is 8.22. The zero-order valence-corrected chi connectivity index (χ0v) is 16.1. The highest BCUT2D eigenvalue weighted by Gasteiger charge is 2.33. The number of carbonyl (C=O) groups excluding carboxylic acids is 1. The highest BCUT2D eigenvalue weighted by atomic mass is 32.2. The zero-order chi connectivity index (χ0) is 17.8. The van der Waals surface area contributed by atoms with Crippen LogP contribution in [0, 0.1) is 17.8 Å². The Balaban J connectivity index is 1.62. The first-order chi connectivity index (χ1) is 12.0. The first-order valence-corrected chi connectivity index (χ1v) is 10.2. The van der Waals surface area contributed by atoms with Gasteiger partial charge in [0.15, 0.2) is 0 Å². The first kappa shape index (κ1) is 18.2. The molecule has 0 radical (unpaired) electrons. The molecule has 4 heteroatoms. The van der Waals surface area contributed by atoms with Gasteiger partial charge in [-0.25, -0.2) is 0 Å². The van der Waals surface area contributed by atoms with E-state index in [4.69, 9.17) is 4.74 Å². The fourth-order valence-electron chi connectivity index (χ4n) is 3.78. The number of hydrogen-bond donors (Lipinski definition) is 0. The van der Waals surface area contributed by atoms with Gasteiger partial charge in [-0.3, -0.25) is 9.78 Å². The predicted molar refractivity (Wildman–Crippen MR) is 104 cm³/mol. The number of hydrogen-bond acceptors (Lipinski definition) is 4. The van der Waals surface area contributed by atoms with E-state index in [-0.39, 0.29) is 12.1 Å². The first-order valence-electron chi connectivity index (χ1n) is 9.20. The number of pyridine rings is 1. The van der Waals surface area contributed by atoms with Crippen molar-refractivity contribution in [3.05, 3.63) is 36.5 Å². The van der Waals surface area contributed by atoms with Crippen LogP contribution in [-0.4, -0.2) is 22.8 Å². The van der Waals surface area contributed by atoms with E-state index in [2.05, 4.69) is 25.8 Å². The van der Waals surface area contributed by atoms with Gasteiger partial charge in [-0.15, -0.1) is 11.8 Å². The maximum absolute atomic E-state index is 12.4. The van der Waals surface area contributed by atoms with Gasteiger partial charge in [0, 0.05) is 16.5 Å². The van der Waals surface area contributed by atoms with Crippen molar-refractivity contribution in [2.24, 2.45) is 17.8 Å². The quantitative estimate of drug-likeness (QED) is 0.535. The van der Waals surface area contributed by atoms with Gasteiger partial charge in [0.1, 0.15) is 6.10 Å². The van der Waals surface area contributed by atoms with Gasteiger partial charge in [0.25, 0.3) is 0 Å². The van der Waals surface area contributed by atoms with Crippen molar-refractivity contribution in [3.8, 4) is 0 Å². The van der Waals surface area contributed by atoms with Crippen LogP contribution in [0.5, 0.6) is 0 Å². The molecule has 25 heavy (non-hydrogen) atoms. The molecule has 1 fully saturated rings. The normalized spacial score (nSPS) is 23.8. The number of esters is 1. The predicted octanol–water partition coefficient (Wildman–Crippen LogP) is 5.33. The minimum atomic E-state index is -0.109. The Kier molecular flexibility index (Phi) is 6.00. The van der Waals surface area contributed by atoms with Crippen molar-refractivity contribution in [1.29, 1.82) is 0 Å². The Morgan fingerprint density at radius 3 is 2.88 bits per heavy atom. The molecule has 2 aromatic rings. The number of aromatic nitrogens is 1. The van der Waals surface area contributed by atoms with E-state index in [1.54, 1.807) is 6.20 Å². The summed E-state index contributed by atoms with van der Waals surface area (Å²) in [6, 6.07) is 10.0. The van der Waals surface area contributed by atoms with Gasteiger partial charge in [0.05, 0.1) is 11.3 Å². The highest BCUT2D eigenvalue weighted by Crippen LogP contribution is 2.35. The van der Waals surface area contributed by atoms with Crippen molar-refractivity contribution >= 4 is 28.6 Å². The van der Waals surface area contributed by atoms with Gasteiger partial charge >= 0.3 is 5.97 Å². The van der Waals surface area contributed by atoms with E-state index in [1.807, 2.05) is 30.3 Å². The second-order valence-corrected chi connectivity index (χ2v) is 8.49. The fraction of sp³-hybridized carbons (Fsp3) is 0.524. The Bertz CT molecular complexity index is 725. The molecule has 1 aromatic heterocycles. The molecule has 1 aromatic carbocycles. The van der Waals surface area contributed by atoms with Gasteiger partial charge in [-0.2, -0.15) is 0 Å². The molecule has 1 aliphatic rings. The molecule has 3 unspecified atom stereocenters. The van der Waals surface area contributed by atoms with Crippen LogP contribution >= 0.6 is 11.8 Å². The standard InChI is InChI=1S/C21H27NO2S/c1-14(2)17-10-9-15(3)12-18(17)24-20(23)13-25-19-8-4-6-16-7-5-11-22-21(16)19/h4-8,11,14-15,17-18H,9-10,12-13H2,1-3H3. The molecule has 1 aliphatic carbocycles. The van der Waals surface area contributed by atoms with Crippen molar-refractivity contribution < 1.29 is 9.53 Å². The van der Waals surface area contributed by atoms with E-state index in [0.29, 0.717) is 23.5 Å². The third-order valence-corrected chi connectivity index (χ3v) is 6.21. The summed E-state index contributed by atoms with van der Waals surface area (Å²) in [6.07, 6.45) is 5.27. The summed E-state index contributed by atoms with van der Waals surface area (Å²) in [6.45, 7) is 6.73. The Morgan fingerprint density at radius 2 is 2.08 bits per heavy atom. The van der Waals surface area contributed by atoms with Crippen LogP contribution in [0.1, 0.15) is 40.0 Å². The van der Waals surface area contributed by atoms with Crippen LogP contribution in [0.25, 0.3) is 10.9 Å². The number of fused-ring (bicyclic) bond motifs is 1. The SMILES string of the molecule is CC1CCC(C(C)C)C(OC(=O)CSc2cccc3cccnc23)C1. The molecule has 3 atom stereocenters. The monoisotopic (exact) mass is 357 g/mol. The molecule has 0 bridgehead atoms. The number of rotatable bonds is 5. The van der Waals surface area contributed by atoms with Crippen molar-refractivity contribution in [1.82, 2.24) is 4.98 Å². The van der Waals surface area contributed by atoms with Crippen molar-refractivity contribution in [2.75, 3.05) is 5.75 Å². The lowest BCUT2D eigenvalue weighted by atomic mass is 9.75. The minimum absolute atomic E-state index is 0.0718. The third kappa shape index (κ3) is 4.55. The van der Waals surface area contributed by atoms with Crippen molar-refractivity contribution in [3.63, 3.8) is 0 Å². The molecular formula is C21H27NO2S. The lowest BCUT2D eigenvalue weighted by molar-refractivity contribution is -0.152. The lowest BCUT2D eigenvalue weighted by Crippen LogP contribution is -2.36. The maximum Gasteiger partial charge on any atom is 0.316 e. The van der Waals surface area contributed by atoms with Crippen LogP contribution in [0.4, 0.5) is 0 Å². The summed E-state index contributed by atoms with van der Waals surface area (Å²) in [5, 5.41) is 1.10. The largest absolute Gasteiger partial charge is 0.461 e. The van der Waals surface area contributed by atoms with E-state index in [0.717, 1.165) is 28.6 Å². The maximum atomic E-state index is 12.4. The summed E-state index contributed by atoms with van der Waals surface area (Å²) in [5.74, 6) is 1.92. The van der Waals surface area contributed by atoms with Crippen LogP contribution < -0.4 is 0 Å². The number of ether oxygens (including phenoxy) is 1. The number of benzene rings is 1. The molecule has 134 valence electrons. The molecule has 0 N–H and O–H groups in total. The number of carbonyl (C=O) groups is 1. The van der Waals surface area contributed by atoms with Crippen LogP contribution in [0.3, 0.4) is 0 Å². The molecule has 0 amide bonds. The summed E-state index contributed by atoms with van der Waals surface area (Å²) in [7, 11) is 0. The molecule has 0 spiro atoms. The molecule has 0 saturated heterocycles. The summed E-state index contributed by atoms with van der Waals surface area (Å²) >= 11 is 1.52. The van der Waals surface area contributed by atoms with E-state index in [1.165, 1.54) is 18.2 Å². The average molecular weight is 358 g/mol. The highest BCUT2D eigenvalue weighted by molar-refractivity contribution is 8.00. The summed E-state index contributed by atoms with van der Waals surface area (Å²) in [5.41, 5.74) is 0.953. The minimum Gasteiger partial charge on any atom is -0.461 e. The molecule has 3 nitrogen and oxygen atoms in total. The van der Waals surface area contributed by atoms with Gasteiger partial charge in [-0.1, -0.05) is 45.4 Å². The molecule has 0 aliphatic heterocycles. The van der Waals surface area contributed by atoms with Crippen LogP contribution in [0.2, 0.25) is 0 Å². The van der Waals surface area contributed by atoms with Crippen LogP contribution in [-0.2, 0) is 9.53 Å². The average Bonchev–Trinajstić information content (AvgIpc) is 2.59. The van der Waals surface area contributed by atoms with E-state index in [9.17, 15) is 4.79 Å². The van der Waals surface area contributed by atoms with E-state index >= 15 is 0 Å². The zero-order valence-electron chi connectivity index (χ0n) is 15.3. The van der Waals surface area contributed by atoms with Crippen molar-refractivity contribution in [2.45, 2.75) is 51.0 Å². The molecule has 1 saturated carbocycles. The van der Waals surface area contributed by atoms with Crippen LogP contribution in [0.15, 0.2) is 41.4 Å². The van der Waals surface area contributed by atoms with Gasteiger partial charge < -0.3 is 4.74 Å². The molecular weight excluding hydrogens is 330 g/mol. The van der Waals surface area contributed by atoms with Gasteiger partial charge in [0.2, 0.25) is 0 Å². The number of nitrogens with zero attached hydrogens (tertiary/aromatic N) is 1. The summed E-state index contributed by atoms with van der Waals surface area (Å²) in [4.78, 5) is 17.9. The number of thioether (sulfide) groups is 1. The summed E-state index contributed by atoms with van der Waals surface area (Å²) < 4.78 is 5.89. The smallest absolute Gasteiger partial charge is 0.316 e. The Hall–Kier alpha value is -1.55. The fourth-order valence-corrected chi connectivity index (χ4v) is 4.61. The lowest BCUT2D eigenvalue weighted by Gasteiger charge is -2.36. The second-order valence-electron chi connectivity index (χ2n) is 7.47.